The van der Waals surface area contributed by atoms with Gasteiger partial charge in [-0.05, 0) is 41.1 Å². The molecule has 0 saturated carbocycles. The first-order chi connectivity index (χ1) is 8.08. The highest BCUT2D eigenvalue weighted by Gasteiger charge is 2.06. The van der Waals surface area contributed by atoms with Gasteiger partial charge in [-0.25, -0.2) is 4.79 Å². The zero-order chi connectivity index (χ0) is 12.8. The zero-order valence-electron chi connectivity index (χ0n) is 9.57. The molecule has 0 aromatic heterocycles. The summed E-state index contributed by atoms with van der Waals surface area (Å²) in [7, 11) is 1.53. The topological polar surface area (TPSA) is 55.8 Å². The molecule has 1 N–H and O–H groups in total. The Kier molecular flexibility index (Phi) is 5.03. The third-order valence-corrected chi connectivity index (χ3v) is 2.59. The molecular formula is C12H13BrO4. The maximum absolute atomic E-state index is 11.1. The Morgan fingerprint density at radius 2 is 2.24 bits per heavy atom. The van der Waals surface area contributed by atoms with Crippen LogP contribution >= 0.6 is 15.9 Å². The van der Waals surface area contributed by atoms with Crippen LogP contribution in [0.15, 0.2) is 22.7 Å². The van der Waals surface area contributed by atoms with E-state index in [9.17, 15) is 9.90 Å². The van der Waals surface area contributed by atoms with E-state index in [0.29, 0.717) is 22.4 Å². The first-order valence-electron chi connectivity index (χ1n) is 4.99. The van der Waals surface area contributed by atoms with Crippen molar-refractivity contribution in [1.29, 1.82) is 0 Å². The molecule has 1 rings (SSSR count). The first-order valence-corrected chi connectivity index (χ1v) is 5.79. The number of carbonyl (C=O) groups excluding carboxylic acids is 1. The molecule has 1 aromatic carbocycles. The number of phenols is 1. The molecule has 17 heavy (non-hydrogen) atoms. The van der Waals surface area contributed by atoms with Gasteiger partial charge < -0.3 is 14.6 Å². The Morgan fingerprint density at radius 1 is 1.53 bits per heavy atom. The minimum atomic E-state index is -0.453. The summed E-state index contributed by atoms with van der Waals surface area (Å²) >= 11 is 3.20. The molecule has 0 atom stereocenters. The number of hydrogen-bond donors (Lipinski definition) is 1. The van der Waals surface area contributed by atoms with E-state index in [0.717, 1.165) is 0 Å². The maximum Gasteiger partial charge on any atom is 0.330 e. The van der Waals surface area contributed by atoms with Crippen LogP contribution < -0.4 is 4.74 Å². The lowest BCUT2D eigenvalue weighted by Gasteiger charge is -2.06. The lowest BCUT2D eigenvalue weighted by atomic mass is 10.1. The van der Waals surface area contributed by atoms with Gasteiger partial charge in [0, 0.05) is 11.6 Å². The molecule has 0 aliphatic rings. The average Bonchev–Trinajstić information content (AvgIpc) is 2.31. The van der Waals surface area contributed by atoms with E-state index in [1.807, 2.05) is 0 Å². The van der Waals surface area contributed by atoms with Gasteiger partial charge in [0.25, 0.3) is 0 Å². The van der Waals surface area contributed by atoms with Crippen LogP contribution in [0, 0.1) is 0 Å². The van der Waals surface area contributed by atoms with Gasteiger partial charge in [0.2, 0.25) is 0 Å². The van der Waals surface area contributed by atoms with E-state index in [2.05, 4.69) is 15.9 Å². The number of esters is 1. The number of phenolic OH excluding ortho intramolecular Hbond substituents is 1. The molecular weight excluding hydrogens is 288 g/mol. The highest BCUT2D eigenvalue weighted by Crippen LogP contribution is 2.33. The Labute approximate surface area is 108 Å². The lowest BCUT2D eigenvalue weighted by Crippen LogP contribution is -1.98. The molecule has 0 fully saturated rings. The molecule has 92 valence electrons. The standard InChI is InChI=1S/C12H13BrO4/c1-3-17-11(14)5-4-8-6-9(16-2)7-10(13)12(8)15/h4-7,15H,3H2,1-2H3/b5-4+. The summed E-state index contributed by atoms with van der Waals surface area (Å²) < 4.78 is 10.3. The van der Waals surface area contributed by atoms with Crippen molar-refractivity contribution in [3.8, 4) is 11.5 Å². The predicted molar refractivity (Wildman–Crippen MR) is 68.0 cm³/mol. The minimum absolute atomic E-state index is 0.0475. The number of carbonyl (C=O) groups is 1. The van der Waals surface area contributed by atoms with Crippen LogP contribution in [0.1, 0.15) is 12.5 Å². The normalized spacial score (nSPS) is 10.5. The van der Waals surface area contributed by atoms with E-state index < -0.39 is 5.97 Å². The largest absolute Gasteiger partial charge is 0.506 e. The van der Waals surface area contributed by atoms with Crippen molar-refractivity contribution >= 4 is 28.0 Å². The van der Waals surface area contributed by atoms with Crippen LogP contribution in [0.5, 0.6) is 11.5 Å². The molecule has 5 heteroatoms. The molecule has 0 unspecified atom stereocenters. The van der Waals surface area contributed by atoms with Crippen molar-refractivity contribution < 1.29 is 19.4 Å². The highest BCUT2D eigenvalue weighted by molar-refractivity contribution is 9.10. The smallest absolute Gasteiger partial charge is 0.330 e. The maximum atomic E-state index is 11.1. The van der Waals surface area contributed by atoms with Crippen LogP contribution in [0.2, 0.25) is 0 Å². The van der Waals surface area contributed by atoms with Crippen molar-refractivity contribution in [3.63, 3.8) is 0 Å². The van der Waals surface area contributed by atoms with Crippen LogP contribution in [0.25, 0.3) is 6.08 Å². The number of methoxy groups -OCH3 is 1. The fourth-order valence-electron chi connectivity index (χ4n) is 1.19. The number of benzene rings is 1. The second-order valence-corrected chi connectivity index (χ2v) is 3.99. The number of rotatable bonds is 4. The highest BCUT2D eigenvalue weighted by atomic mass is 79.9. The van der Waals surface area contributed by atoms with Gasteiger partial charge in [0.15, 0.2) is 0 Å². The van der Waals surface area contributed by atoms with Crippen molar-refractivity contribution in [1.82, 2.24) is 0 Å². The quantitative estimate of drug-likeness (QED) is 0.686. The monoisotopic (exact) mass is 300 g/mol. The minimum Gasteiger partial charge on any atom is -0.506 e. The summed E-state index contributed by atoms with van der Waals surface area (Å²) in [6, 6.07) is 3.26. The number of halogens is 1. The SMILES string of the molecule is CCOC(=O)/C=C/c1cc(OC)cc(Br)c1O. The zero-order valence-corrected chi connectivity index (χ0v) is 11.2. The summed E-state index contributed by atoms with van der Waals surface area (Å²) in [5, 5.41) is 9.75. The molecule has 0 heterocycles. The summed E-state index contributed by atoms with van der Waals surface area (Å²) in [5.41, 5.74) is 0.476. The van der Waals surface area contributed by atoms with E-state index in [1.165, 1.54) is 19.3 Å². The molecule has 0 saturated heterocycles. The molecule has 4 nitrogen and oxygen atoms in total. The van der Waals surface area contributed by atoms with E-state index in [-0.39, 0.29) is 5.75 Å². The van der Waals surface area contributed by atoms with Gasteiger partial charge in [-0.1, -0.05) is 0 Å². The van der Waals surface area contributed by atoms with Gasteiger partial charge in [0.05, 0.1) is 18.2 Å². The van der Waals surface area contributed by atoms with Gasteiger partial charge in [0.1, 0.15) is 11.5 Å². The number of aromatic hydroxyl groups is 1. The molecule has 0 amide bonds. The fraction of sp³-hybridized carbons (Fsp3) is 0.250. The van der Waals surface area contributed by atoms with Crippen LogP contribution in [0.4, 0.5) is 0 Å². The summed E-state index contributed by atoms with van der Waals surface area (Å²) in [5.74, 6) is 0.176. The van der Waals surface area contributed by atoms with Gasteiger partial charge in [-0.3, -0.25) is 0 Å². The Hall–Kier alpha value is -1.49. The second-order valence-electron chi connectivity index (χ2n) is 3.13. The van der Waals surface area contributed by atoms with Gasteiger partial charge in [-0.2, -0.15) is 0 Å². The molecule has 0 radical (unpaired) electrons. The van der Waals surface area contributed by atoms with E-state index in [1.54, 1.807) is 19.1 Å². The molecule has 0 aliphatic carbocycles. The van der Waals surface area contributed by atoms with Crippen LogP contribution in [-0.2, 0) is 9.53 Å². The third-order valence-electron chi connectivity index (χ3n) is 1.99. The summed E-state index contributed by atoms with van der Waals surface area (Å²) in [4.78, 5) is 11.1. The Balaban J connectivity index is 2.97. The molecule has 0 bridgehead atoms. The number of hydrogen-bond acceptors (Lipinski definition) is 4. The molecule has 1 aromatic rings. The van der Waals surface area contributed by atoms with Gasteiger partial charge >= 0.3 is 5.97 Å². The van der Waals surface area contributed by atoms with Crippen LogP contribution in [0.3, 0.4) is 0 Å². The average molecular weight is 301 g/mol. The molecule has 0 aliphatic heterocycles. The molecule has 0 spiro atoms. The van der Waals surface area contributed by atoms with Crippen molar-refractivity contribution in [2.24, 2.45) is 0 Å². The van der Waals surface area contributed by atoms with Crippen molar-refractivity contribution in [2.75, 3.05) is 13.7 Å². The van der Waals surface area contributed by atoms with E-state index >= 15 is 0 Å². The van der Waals surface area contributed by atoms with Crippen molar-refractivity contribution in [2.45, 2.75) is 6.92 Å². The summed E-state index contributed by atoms with van der Waals surface area (Å²) in [6.45, 7) is 2.04. The summed E-state index contributed by atoms with van der Waals surface area (Å²) in [6.07, 6.45) is 2.73. The van der Waals surface area contributed by atoms with Gasteiger partial charge in [-0.15, -0.1) is 0 Å². The third kappa shape index (κ3) is 3.78. The lowest BCUT2D eigenvalue weighted by molar-refractivity contribution is -0.137. The predicted octanol–water partition coefficient (Wildman–Crippen LogP) is 2.74. The Morgan fingerprint density at radius 3 is 2.82 bits per heavy atom. The van der Waals surface area contributed by atoms with Crippen molar-refractivity contribution in [3.05, 3.63) is 28.2 Å². The Bertz CT molecular complexity index is 440. The van der Waals surface area contributed by atoms with Crippen LogP contribution in [-0.4, -0.2) is 24.8 Å². The first kappa shape index (κ1) is 13.6. The van der Waals surface area contributed by atoms with E-state index in [4.69, 9.17) is 9.47 Å². The second kappa shape index (κ2) is 6.30. The number of ether oxygens (including phenoxy) is 2. The fourth-order valence-corrected chi connectivity index (χ4v) is 1.64.